The zero-order chi connectivity index (χ0) is 16.7. The lowest BCUT2D eigenvalue weighted by molar-refractivity contribution is -0.388. The largest absolute Gasteiger partial charge is 0.486 e. The number of ether oxygens (including phenoxy) is 2. The molecule has 1 atom stereocenters. The molecule has 8 nitrogen and oxygen atoms in total. The number of fused-ring (bicyclic) bond motifs is 1. The summed E-state index contributed by atoms with van der Waals surface area (Å²) in [4.78, 5) is 16.9. The van der Waals surface area contributed by atoms with Gasteiger partial charge in [0.1, 0.15) is 13.2 Å². The molecule has 126 valence electrons. The number of hydrogen-bond donors (Lipinski definition) is 0. The van der Waals surface area contributed by atoms with E-state index in [0.717, 1.165) is 36.4 Å². The van der Waals surface area contributed by atoms with Gasteiger partial charge in [-0.1, -0.05) is 6.07 Å². The van der Waals surface area contributed by atoms with Crippen molar-refractivity contribution in [2.75, 3.05) is 24.7 Å². The van der Waals surface area contributed by atoms with Crippen LogP contribution in [0.4, 0.5) is 11.6 Å². The Kier molecular flexibility index (Phi) is 3.51. The molecule has 0 aliphatic carbocycles. The van der Waals surface area contributed by atoms with Crippen molar-refractivity contribution >= 4 is 11.6 Å². The Bertz CT molecular complexity index is 788. The van der Waals surface area contributed by atoms with Gasteiger partial charge in [-0.25, -0.2) is 0 Å². The lowest BCUT2D eigenvalue weighted by Gasteiger charge is -2.27. The van der Waals surface area contributed by atoms with Gasteiger partial charge >= 0.3 is 5.82 Å². The fourth-order valence-corrected chi connectivity index (χ4v) is 3.51. The quantitative estimate of drug-likeness (QED) is 0.635. The summed E-state index contributed by atoms with van der Waals surface area (Å²) in [5, 5.41) is 11.3. The van der Waals surface area contributed by atoms with E-state index >= 15 is 0 Å². The maximum atomic E-state index is 11.3. The molecule has 0 amide bonds. The highest BCUT2D eigenvalue weighted by Gasteiger charge is 2.34. The standard InChI is InChI=1S/C16H18N4O4/c1-18-10-17-15(20(21)22)16(18)19-6-2-3-12(19)11-4-5-13-14(9-11)24-8-7-23-13/h4-5,9-10,12H,2-3,6-8H2,1H3. The van der Waals surface area contributed by atoms with E-state index in [9.17, 15) is 10.1 Å². The smallest absolute Gasteiger partial charge is 0.406 e. The molecule has 1 fully saturated rings. The summed E-state index contributed by atoms with van der Waals surface area (Å²) >= 11 is 0. The van der Waals surface area contributed by atoms with E-state index in [4.69, 9.17) is 9.47 Å². The van der Waals surface area contributed by atoms with Gasteiger partial charge in [0.25, 0.3) is 0 Å². The van der Waals surface area contributed by atoms with Crippen LogP contribution in [-0.2, 0) is 7.05 Å². The third-order valence-corrected chi connectivity index (χ3v) is 4.54. The first-order valence-corrected chi connectivity index (χ1v) is 7.97. The third kappa shape index (κ3) is 2.34. The molecule has 1 aromatic heterocycles. The number of aromatic nitrogens is 2. The van der Waals surface area contributed by atoms with Crippen LogP contribution in [0, 0.1) is 10.1 Å². The van der Waals surface area contributed by atoms with Crippen LogP contribution < -0.4 is 14.4 Å². The first-order valence-electron chi connectivity index (χ1n) is 7.97. The maximum absolute atomic E-state index is 11.3. The average molecular weight is 330 g/mol. The summed E-state index contributed by atoms with van der Waals surface area (Å²) in [6.07, 6.45) is 3.40. The average Bonchev–Trinajstić information content (AvgIpc) is 3.20. The molecule has 0 N–H and O–H groups in total. The number of anilines is 1. The van der Waals surface area contributed by atoms with Gasteiger partial charge in [0.15, 0.2) is 11.5 Å². The van der Waals surface area contributed by atoms with Crippen LogP contribution in [0.5, 0.6) is 11.5 Å². The highest BCUT2D eigenvalue weighted by molar-refractivity contribution is 5.58. The van der Waals surface area contributed by atoms with Gasteiger partial charge in [-0.2, -0.15) is 0 Å². The number of benzene rings is 1. The highest BCUT2D eigenvalue weighted by atomic mass is 16.6. The van der Waals surface area contributed by atoms with Crippen molar-refractivity contribution in [3.05, 3.63) is 40.2 Å². The van der Waals surface area contributed by atoms with E-state index in [1.54, 1.807) is 11.6 Å². The predicted octanol–water partition coefficient (Wildman–Crippen LogP) is 2.44. The van der Waals surface area contributed by atoms with Crippen molar-refractivity contribution in [2.24, 2.45) is 7.05 Å². The van der Waals surface area contributed by atoms with Crippen molar-refractivity contribution < 1.29 is 14.4 Å². The molecule has 24 heavy (non-hydrogen) atoms. The SMILES string of the molecule is Cn1cnc([N+](=O)[O-])c1N1CCCC1c1ccc2c(c1)OCCO2. The van der Waals surface area contributed by atoms with Crippen molar-refractivity contribution in [3.8, 4) is 11.5 Å². The fourth-order valence-electron chi connectivity index (χ4n) is 3.51. The Morgan fingerprint density at radius 1 is 1.29 bits per heavy atom. The lowest BCUT2D eigenvalue weighted by atomic mass is 10.0. The number of imidazole rings is 1. The van der Waals surface area contributed by atoms with Crippen LogP contribution in [0.25, 0.3) is 0 Å². The lowest BCUT2D eigenvalue weighted by Crippen LogP contribution is -2.25. The Hall–Kier alpha value is -2.77. The molecule has 2 aromatic rings. The van der Waals surface area contributed by atoms with Gasteiger partial charge in [0, 0.05) is 13.6 Å². The van der Waals surface area contributed by atoms with Gasteiger partial charge in [-0.15, -0.1) is 0 Å². The van der Waals surface area contributed by atoms with Crippen LogP contribution in [0.3, 0.4) is 0 Å². The molecule has 8 heteroatoms. The van der Waals surface area contributed by atoms with Crippen LogP contribution in [0.15, 0.2) is 24.5 Å². The zero-order valence-corrected chi connectivity index (χ0v) is 13.3. The zero-order valence-electron chi connectivity index (χ0n) is 13.3. The van der Waals surface area contributed by atoms with E-state index in [2.05, 4.69) is 9.88 Å². The maximum Gasteiger partial charge on any atom is 0.406 e. The Morgan fingerprint density at radius 3 is 2.88 bits per heavy atom. The second kappa shape index (κ2) is 5.70. The number of hydrogen-bond acceptors (Lipinski definition) is 6. The molecular weight excluding hydrogens is 312 g/mol. The van der Waals surface area contributed by atoms with E-state index in [1.165, 1.54) is 6.33 Å². The van der Waals surface area contributed by atoms with Gasteiger partial charge in [0.05, 0.1) is 6.04 Å². The van der Waals surface area contributed by atoms with E-state index in [0.29, 0.717) is 19.0 Å². The predicted molar refractivity (Wildman–Crippen MR) is 86.6 cm³/mol. The molecule has 3 heterocycles. The Labute approximate surface area is 138 Å². The van der Waals surface area contributed by atoms with Crippen LogP contribution >= 0.6 is 0 Å². The summed E-state index contributed by atoms with van der Waals surface area (Å²) in [6.45, 7) is 1.86. The number of aryl methyl sites for hydroxylation is 1. The number of nitro groups is 1. The molecule has 2 aliphatic heterocycles. The van der Waals surface area contributed by atoms with E-state index in [1.807, 2.05) is 18.2 Å². The first-order chi connectivity index (χ1) is 11.6. The minimum atomic E-state index is -0.422. The monoisotopic (exact) mass is 330 g/mol. The van der Waals surface area contributed by atoms with E-state index in [-0.39, 0.29) is 11.9 Å². The molecular formula is C16H18N4O4. The van der Waals surface area contributed by atoms with Gasteiger partial charge in [0.2, 0.25) is 12.1 Å². The normalized spacial score (nSPS) is 19.5. The van der Waals surface area contributed by atoms with Crippen molar-refractivity contribution in [1.29, 1.82) is 0 Å². The minimum absolute atomic E-state index is 0.0647. The van der Waals surface area contributed by atoms with Gasteiger partial charge < -0.3 is 24.5 Å². The Balaban J connectivity index is 1.71. The molecule has 2 aliphatic rings. The van der Waals surface area contributed by atoms with E-state index < -0.39 is 4.92 Å². The molecule has 1 saturated heterocycles. The topological polar surface area (TPSA) is 82.7 Å². The van der Waals surface area contributed by atoms with Gasteiger partial charge in [-0.3, -0.25) is 4.57 Å². The van der Waals surface area contributed by atoms with Crippen LogP contribution in [0.1, 0.15) is 24.4 Å². The van der Waals surface area contributed by atoms with Crippen LogP contribution in [0.2, 0.25) is 0 Å². The summed E-state index contributed by atoms with van der Waals surface area (Å²) in [6, 6.07) is 5.98. The second-order valence-electron chi connectivity index (χ2n) is 6.01. The molecule has 1 unspecified atom stereocenters. The highest BCUT2D eigenvalue weighted by Crippen LogP contribution is 2.42. The number of rotatable bonds is 3. The summed E-state index contributed by atoms with van der Waals surface area (Å²) in [7, 11) is 1.79. The molecule has 1 aromatic carbocycles. The molecule has 0 saturated carbocycles. The minimum Gasteiger partial charge on any atom is -0.486 e. The van der Waals surface area contributed by atoms with Crippen molar-refractivity contribution in [2.45, 2.75) is 18.9 Å². The molecule has 0 spiro atoms. The fraction of sp³-hybridized carbons (Fsp3) is 0.438. The number of nitrogens with zero attached hydrogens (tertiary/aromatic N) is 4. The van der Waals surface area contributed by atoms with Crippen molar-refractivity contribution in [1.82, 2.24) is 9.55 Å². The van der Waals surface area contributed by atoms with Gasteiger partial charge in [-0.05, 0) is 40.4 Å². The molecule has 0 radical (unpaired) electrons. The molecule has 0 bridgehead atoms. The van der Waals surface area contributed by atoms with Crippen LogP contribution in [-0.4, -0.2) is 34.2 Å². The molecule has 4 rings (SSSR count). The second-order valence-corrected chi connectivity index (χ2v) is 6.01. The Morgan fingerprint density at radius 2 is 2.08 bits per heavy atom. The first kappa shape index (κ1) is 14.8. The third-order valence-electron chi connectivity index (χ3n) is 4.54. The summed E-state index contributed by atoms with van der Waals surface area (Å²) < 4.78 is 13.0. The summed E-state index contributed by atoms with van der Waals surface area (Å²) in [5.41, 5.74) is 1.08. The van der Waals surface area contributed by atoms with Crippen molar-refractivity contribution in [3.63, 3.8) is 0 Å². The summed E-state index contributed by atoms with van der Waals surface area (Å²) in [5.74, 6) is 1.95.